The lowest BCUT2D eigenvalue weighted by Gasteiger charge is -2.11. The Hall–Kier alpha value is -1.18. The zero-order chi connectivity index (χ0) is 16.6. The van der Waals surface area contributed by atoms with Crippen LogP contribution < -0.4 is 0 Å². The molecule has 0 bridgehead atoms. The van der Waals surface area contributed by atoms with Crippen LogP contribution in [0.5, 0.6) is 0 Å². The second-order valence-corrected chi connectivity index (χ2v) is 2.77. The van der Waals surface area contributed by atoms with Crippen LogP contribution in [-0.2, 0) is 9.47 Å². The quantitative estimate of drug-likeness (QED) is 0.613. The second kappa shape index (κ2) is 5.31. The van der Waals surface area contributed by atoms with Crippen LogP contribution in [0.3, 0.4) is 0 Å². The Bertz CT molecular complexity index is 360. The molecule has 0 radical (unpaired) electrons. The summed E-state index contributed by atoms with van der Waals surface area (Å²) in [5, 5.41) is 0. The molecule has 0 spiro atoms. The third kappa shape index (κ3) is 4.73. The van der Waals surface area contributed by atoms with Gasteiger partial charge in [0.2, 0.25) is 0 Å². The van der Waals surface area contributed by atoms with Gasteiger partial charge >= 0.3 is 30.8 Å². The first-order chi connectivity index (χ1) is 8.52. The molecule has 1 rings (SSSR count). The molecule has 0 atom stereocenters. The standard InChI is InChI=1S/C3F6O2.C3F6/c4-1(5)2(6,7)11-3(8,9)10-1;4-1(2(5)6)3(7,8)9. The van der Waals surface area contributed by atoms with Crippen LogP contribution in [0.25, 0.3) is 0 Å². The van der Waals surface area contributed by atoms with Gasteiger partial charge in [0, 0.05) is 0 Å². The van der Waals surface area contributed by atoms with Crippen LogP contribution in [0.2, 0.25) is 0 Å². The van der Waals surface area contributed by atoms with Crippen molar-refractivity contribution in [3.8, 4) is 0 Å². The Balaban J connectivity index is 0.000000370. The van der Waals surface area contributed by atoms with Gasteiger partial charge in [0.05, 0.1) is 0 Å². The Morgan fingerprint density at radius 2 is 1.00 bits per heavy atom. The molecule has 1 aliphatic heterocycles. The number of alkyl halides is 9. The highest BCUT2D eigenvalue weighted by Gasteiger charge is 2.75. The maximum absolute atomic E-state index is 11.6. The van der Waals surface area contributed by atoms with Crippen molar-refractivity contribution in [3.05, 3.63) is 11.9 Å². The fourth-order valence-corrected chi connectivity index (χ4v) is 0.545. The fourth-order valence-electron chi connectivity index (χ4n) is 0.545. The first-order valence-electron chi connectivity index (χ1n) is 3.83. The van der Waals surface area contributed by atoms with Gasteiger partial charge in [0.15, 0.2) is 0 Å². The molecule has 0 amide bonds. The molecule has 0 aromatic rings. The molecule has 2 nitrogen and oxygen atoms in total. The molecule has 0 unspecified atom stereocenters. The lowest BCUT2D eigenvalue weighted by atomic mass is 10.6. The maximum Gasteiger partial charge on any atom is 0.495 e. The lowest BCUT2D eigenvalue weighted by Crippen LogP contribution is -2.36. The molecule has 0 aromatic heterocycles. The molecule has 0 N–H and O–H groups in total. The predicted octanol–water partition coefficient (Wildman–Crippen LogP) is 4.40. The molecule has 1 saturated heterocycles. The van der Waals surface area contributed by atoms with Gasteiger partial charge in [-0.2, -0.15) is 43.9 Å². The zero-order valence-corrected chi connectivity index (χ0v) is 8.35. The summed E-state index contributed by atoms with van der Waals surface area (Å²) in [5.41, 5.74) is 0. The van der Waals surface area contributed by atoms with Crippen molar-refractivity contribution in [2.24, 2.45) is 0 Å². The first-order valence-corrected chi connectivity index (χ1v) is 3.83. The van der Waals surface area contributed by atoms with Crippen LogP contribution in [0.4, 0.5) is 52.7 Å². The highest BCUT2D eigenvalue weighted by Crippen LogP contribution is 2.49. The Morgan fingerprint density at radius 3 is 1.05 bits per heavy atom. The number of rotatable bonds is 0. The van der Waals surface area contributed by atoms with Crippen LogP contribution in [0.15, 0.2) is 11.9 Å². The number of allylic oxidation sites excluding steroid dienone is 1. The summed E-state index contributed by atoms with van der Waals surface area (Å²) in [5.74, 6) is -3.33. The monoisotopic (exact) mass is 332 g/mol. The SMILES string of the molecule is FC(F)=C(F)C(F)(F)F.FC1(F)OC(F)(F)C(F)(F)O1. The van der Waals surface area contributed by atoms with Gasteiger partial charge in [-0.1, -0.05) is 0 Å². The number of halogens is 12. The molecular formula is C6F12O2. The summed E-state index contributed by atoms with van der Waals surface area (Å²) >= 11 is 0. The van der Waals surface area contributed by atoms with Crippen LogP contribution in [0, 0.1) is 0 Å². The predicted molar refractivity (Wildman–Crippen MR) is 33.4 cm³/mol. The summed E-state index contributed by atoms with van der Waals surface area (Å²) in [7, 11) is 0. The summed E-state index contributed by atoms with van der Waals surface area (Å²) < 4.78 is 139. The molecule has 0 aliphatic carbocycles. The summed E-state index contributed by atoms with van der Waals surface area (Å²) in [6.45, 7) is 0. The van der Waals surface area contributed by atoms with Crippen molar-refractivity contribution in [1.82, 2.24) is 0 Å². The van der Waals surface area contributed by atoms with E-state index in [-0.39, 0.29) is 0 Å². The van der Waals surface area contributed by atoms with Crippen LogP contribution >= 0.6 is 0 Å². The van der Waals surface area contributed by atoms with Gasteiger partial charge in [-0.25, -0.2) is 9.47 Å². The third-order valence-electron chi connectivity index (χ3n) is 1.25. The molecule has 1 heterocycles. The van der Waals surface area contributed by atoms with Crippen molar-refractivity contribution >= 4 is 0 Å². The molecular weight excluding hydrogens is 332 g/mol. The second-order valence-electron chi connectivity index (χ2n) is 2.77. The van der Waals surface area contributed by atoms with Gasteiger partial charge < -0.3 is 0 Å². The summed E-state index contributed by atoms with van der Waals surface area (Å²) in [6, 6.07) is 0. The van der Waals surface area contributed by atoms with Gasteiger partial charge in [0.1, 0.15) is 0 Å². The average molecular weight is 332 g/mol. The molecule has 1 aliphatic rings. The normalized spacial score (nSPS) is 22.8. The Morgan fingerprint density at radius 1 is 0.700 bits per heavy atom. The van der Waals surface area contributed by atoms with E-state index in [1.807, 2.05) is 0 Å². The van der Waals surface area contributed by atoms with Crippen LogP contribution in [0.1, 0.15) is 0 Å². The van der Waals surface area contributed by atoms with E-state index >= 15 is 0 Å². The third-order valence-corrected chi connectivity index (χ3v) is 1.25. The van der Waals surface area contributed by atoms with Crippen molar-refractivity contribution in [2.45, 2.75) is 24.7 Å². The molecule has 20 heavy (non-hydrogen) atoms. The van der Waals surface area contributed by atoms with E-state index in [1.54, 1.807) is 0 Å². The maximum atomic E-state index is 11.6. The molecule has 120 valence electrons. The Labute approximate surface area is 100 Å². The van der Waals surface area contributed by atoms with E-state index in [1.165, 1.54) is 0 Å². The van der Waals surface area contributed by atoms with E-state index < -0.39 is 36.6 Å². The van der Waals surface area contributed by atoms with E-state index in [0.717, 1.165) is 0 Å². The van der Waals surface area contributed by atoms with Gasteiger partial charge in [0.25, 0.3) is 5.83 Å². The smallest absolute Gasteiger partial charge is 0.222 e. The first kappa shape index (κ1) is 18.8. The van der Waals surface area contributed by atoms with Crippen molar-refractivity contribution < 1.29 is 62.2 Å². The summed E-state index contributed by atoms with van der Waals surface area (Å²) in [6.07, 6.45) is -24.4. The topological polar surface area (TPSA) is 18.5 Å². The van der Waals surface area contributed by atoms with E-state index in [2.05, 4.69) is 9.47 Å². The van der Waals surface area contributed by atoms with Crippen LogP contribution in [-0.4, -0.2) is 24.7 Å². The Kier molecular flexibility index (Phi) is 4.99. The van der Waals surface area contributed by atoms with E-state index in [4.69, 9.17) is 0 Å². The van der Waals surface area contributed by atoms with Crippen molar-refractivity contribution in [1.29, 1.82) is 0 Å². The number of hydrogen-bond acceptors (Lipinski definition) is 2. The minimum Gasteiger partial charge on any atom is -0.222 e. The summed E-state index contributed by atoms with van der Waals surface area (Å²) in [4.78, 5) is 0. The van der Waals surface area contributed by atoms with E-state index in [0.29, 0.717) is 0 Å². The molecule has 0 aromatic carbocycles. The largest absolute Gasteiger partial charge is 0.495 e. The van der Waals surface area contributed by atoms with Gasteiger partial charge in [-0.15, -0.1) is 8.78 Å². The zero-order valence-electron chi connectivity index (χ0n) is 8.35. The minimum atomic E-state index is -5.56. The van der Waals surface area contributed by atoms with Crippen molar-refractivity contribution in [3.63, 3.8) is 0 Å². The lowest BCUT2D eigenvalue weighted by molar-refractivity contribution is -0.389. The minimum absolute atomic E-state index is 2.31. The molecule has 1 fully saturated rings. The molecule has 0 saturated carbocycles. The van der Waals surface area contributed by atoms with E-state index in [9.17, 15) is 52.7 Å². The number of ether oxygens (including phenoxy) is 2. The van der Waals surface area contributed by atoms with Gasteiger partial charge in [-0.05, 0) is 0 Å². The van der Waals surface area contributed by atoms with Crippen molar-refractivity contribution in [2.75, 3.05) is 0 Å². The highest BCUT2D eigenvalue weighted by atomic mass is 19.4. The fraction of sp³-hybridized carbons (Fsp3) is 0.667. The van der Waals surface area contributed by atoms with Gasteiger partial charge in [-0.3, -0.25) is 0 Å². The number of hydrogen-bond donors (Lipinski definition) is 0. The highest BCUT2D eigenvalue weighted by molar-refractivity contribution is 4.98. The molecule has 14 heteroatoms. The average Bonchev–Trinajstić information content (AvgIpc) is 2.26.